The van der Waals surface area contributed by atoms with Gasteiger partial charge in [-0.05, 0) is 49.9 Å². The van der Waals surface area contributed by atoms with E-state index < -0.39 is 0 Å². The highest BCUT2D eigenvalue weighted by molar-refractivity contribution is 6.17. The maximum Gasteiger partial charge on any atom is 0.0571 e. The van der Waals surface area contributed by atoms with Crippen LogP contribution in [-0.2, 0) is 0 Å². The van der Waals surface area contributed by atoms with Gasteiger partial charge in [0, 0.05) is 5.88 Å². The molecule has 0 amide bonds. The molecule has 4 atom stereocenters. The van der Waals surface area contributed by atoms with Crippen molar-refractivity contribution >= 4 is 11.6 Å². The first kappa shape index (κ1) is 8.83. The fourth-order valence-corrected chi connectivity index (χ4v) is 3.36. The number of halogens is 1. The molecule has 0 aromatic rings. The molecule has 1 N–H and O–H groups in total. The highest BCUT2D eigenvalue weighted by atomic mass is 35.5. The molecule has 2 aliphatic rings. The van der Waals surface area contributed by atoms with Gasteiger partial charge in [0.2, 0.25) is 0 Å². The molecule has 2 saturated carbocycles. The molecular formula is C10H17ClO. The summed E-state index contributed by atoms with van der Waals surface area (Å²) in [4.78, 5) is 0. The SMILES string of the molecule is OC1CC2CC(CCCl)CC1C2. The van der Waals surface area contributed by atoms with Crippen molar-refractivity contribution in [2.24, 2.45) is 17.8 Å². The van der Waals surface area contributed by atoms with Gasteiger partial charge in [0.25, 0.3) is 0 Å². The van der Waals surface area contributed by atoms with Crippen LogP contribution >= 0.6 is 11.6 Å². The zero-order valence-corrected chi connectivity index (χ0v) is 8.13. The van der Waals surface area contributed by atoms with E-state index >= 15 is 0 Å². The zero-order valence-electron chi connectivity index (χ0n) is 7.38. The standard InChI is InChI=1S/C10H17ClO/c11-2-1-7-3-8-5-9(4-7)10(12)6-8/h7-10,12H,1-6H2. The van der Waals surface area contributed by atoms with Crippen molar-refractivity contribution in [3.05, 3.63) is 0 Å². The monoisotopic (exact) mass is 188 g/mol. The third kappa shape index (κ3) is 1.62. The molecule has 2 bridgehead atoms. The van der Waals surface area contributed by atoms with Crippen molar-refractivity contribution in [1.82, 2.24) is 0 Å². The molecule has 0 saturated heterocycles. The molecule has 0 spiro atoms. The van der Waals surface area contributed by atoms with Crippen LogP contribution in [0.3, 0.4) is 0 Å². The third-order valence-corrected chi connectivity index (χ3v) is 3.79. The summed E-state index contributed by atoms with van der Waals surface area (Å²) in [6.45, 7) is 0. The topological polar surface area (TPSA) is 20.2 Å². The Hall–Kier alpha value is 0.250. The van der Waals surface area contributed by atoms with E-state index in [1.807, 2.05) is 0 Å². The predicted octanol–water partition coefficient (Wildman–Crippen LogP) is 2.41. The zero-order chi connectivity index (χ0) is 8.55. The minimum absolute atomic E-state index is 0.00956. The Morgan fingerprint density at radius 1 is 1.17 bits per heavy atom. The largest absolute Gasteiger partial charge is 0.393 e. The van der Waals surface area contributed by atoms with Gasteiger partial charge in [-0.1, -0.05) is 0 Å². The van der Waals surface area contributed by atoms with Crippen LogP contribution in [0.15, 0.2) is 0 Å². The second kappa shape index (κ2) is 3.55. The van der Waals surface area contributed by atoms with Gasteiger partial charge in [-0.15, -0.1) is 11.6 Å². The molecule has 0 aliphatic heterocycles. The van der Waals surface area contributed by atoms with Crippen LogP contribution < -0.4 is 0 Å². The summed E-state index contributed by atoms with van der Waals surface area (Å²) in [5.74, 6) is 3.02. The Kier molecular flexibility index (Phi) is 2.61. The quantitative estimate of drug-likeness (QED) is 0.660. The van der Waals surface area contributed by atoms with Crippen molar-refractivity contribution in [3.8, 4) is 0 Å². The minimum atomic E-state index is 0.00956. The molecule has 2 aliphatic carbocycles. The normalized spacial score (nSPS) is 46.5. The predicted molar refractivity (Wildman–Crippen MR) is 50.3 cm³/mol. The Morgan fingerprint density at radius 2 is 2.00 bits per heavy atom. The van der Waals surface area contributed by atoms with Crippen LogP contribution in [0.25, 0.3) is 0 Å². The highest BCUT2D eigenvalue weighted by Gasteiger charge is 2.39. The lowest BCUT2D eigenvalue weighted by molar-refractivity contribution is 0.119. The first-order valence-electron chi connectivity index (χ1n) is 5.03. The second-order valence-corrected chi connectivity index (χ2v) is 4.86. The van der Waals surface area contributed by atoms with E-state index in [0.29, 0.717) is 5.92 Å². The molecule has 2 fully saturated rings. The smallest absolute Gasteiger partial charge is 0.0571 e. The summed E-state index contributed by atoms with van der Waals surface area (Å²) in [7, 11) is 0. The van der Waals surface area contributed by atoms with E-state index in [2.05, 4.69) is 0 Å². The average Bonchev–Trinajstić information content (AvgIpc) is 2.27. The molecule has 0 heterocycles. The molecule has 0 aromatic carbocycles. The number of alkyl halides is 1. The Balaban J connectivity index is 1.92. The number of hydrogen-bond acceptors (Lipinski definition) is 1. The Labute approximate surface area is 79.1 Å². The maximum absolute atomic E-state index is 9.65. The molecule has 0 radical (unpaired) electrons. The van der Waals surface area contributed by atoms with E-state index in [1.165, 1.54) is 19.3 Å². The summed E-state index contributed by atoms with van der Waals surface area (Å²) in [5.41, 5.74) is 0. The van der Waals surface area contributed by atoms with Gasteiger partial charge >= 0.3 is 0 Å². The van der Waals surface area contributed by atoms with E-state index in [0.717, 1.165) is 30.6 Å². The molecule has 0 aromatic heterocycles. The molecule has 2 rings (SSSR count). The van der Waals surface area contributed by atoms with Gasteiger partial charge in [-0.25, -0.2) is 0 Å². The van der Waals surface area contributed by atoms with Crippen molar-refractivity contribution in [1.29, 1.82) is 0 Å². The Morgan fingerprint density at radius 3 is 2.67 bits per heavy atom. The van der Waals surface area contributed by atoms with Crippen LogP contribution in [0.1, 0.15) is 32.1 Å². The van der Waals surface area contributed by atoms with Crippen molar-refractivity contribution in [2.45, 2.75) is 38.2 Å². The van der Waals surface area contributed by atoms with E-state index in [9.17, 15) is 5.11 Å². The summed E-state index contributed by atoms with van der Waals surface area (Å²) >= 11 is 5.72. The van der Waals surface area contributed by atoms with Crippen LogP contribution in [0.2, 0.25) is 0 Å². The van der Waals surface area contributed by atoms with Gasteiger partial charge < -0.3 is 5.11 Å². The summed E-state index contributed by atoms with van der Waals surface area (Å²) in [6.07, 6.45) is 6.05. The highest BCUT2D eigenvalue weighted by Crippen LogP contribution is 2.45. The number of rotatable bonds is 2. The lowest BCUT2D eigenvalue weighted by atomic mass is 9.79. The lowest BCUT2D eigenvalue weighted by Crippen LogP contribution is -2.19. The molecular weight excluding hydrogens is 172 g/mol. The fraction of sp³-hybridized carbons (Fsp3) is 1.00. The molecule has 1 nitrogen and oxygen atoms in total. The molecule has 12 heavy (non-hydrogen) atoms. The number of aliphatic hydroxyl groups excluding tert-OH is 1. The van der Waals surface area contributed by atoms with Crippen molar-refractivity contribution < 1.29 is 5.11 Å². The fourth-order valence-electron chi connectivity index (χ4n) is 3.05. The lowest BCUT2D eigenvalue weighted by Gasteiger charge is -2.27. The minimum Gasteiger partial charge on any atom is -0.393 e. The Bertz CT molecular complexity index is 158. The van der Waals surface area contributed by atoms with Crippen LogP contribution in [0, 0.1) is 17.8 Å². The first-order valence-corrected chi connectivity index (χ1v) is 5.57. The second-order valence-electron chi connectivity index (χ2n) is 4.48. The number of aliphatic hydroxyl groups is 1. The van der Waals surface area contributed by atoms with Crippen LogP contribution in [0.4, 0.5) is 0 Å². The number of fused-ring (bicyclic) bond motifs is 2. The maximum atomic E-state index is 9.65. The van der Waals surface area contributed by atoms with Gasteiger partial charge in [-0.3, -0.25) is 0 Å². The summed E-state index contributed by atoms with van der Waals surface area (Å²) < 4.78 is 0. The summed E-state index contributed by atoms with van der Waals surface area (Å²) in [6, 6.07) is 0. The van der Waals surface area contributed by atoms with Gasteiger partial charge in [0.1, 0.15) is 0 Å². The molecule has 4 unspecified atom stereocenters. The van der Waals surface area contributed by atoms with Gasteiger partial charge in [-0.2, -0.15) is 0 Å². The number of hydrogen-bond donors (Lipinski definition) is 1. The van der Waals surface area contributed by atoms with Crippen molar-refractivity contribution in [2.75, 3.05) is 5.88 Å². The average molecular weight is 189 g/mol. The van der Waals surface area contributed by atoms with E-state index in [-0.39, 0.29) is 6.10 Å². The van der Waals surface area contributed by atoms with E-state index in [4.69, 9.17) is 11.6 Å². The van der Waals surface area contributed by atoms with E-state index in [1.54, 1.807) is 0 Å². The van der Waals surface area contributed by atoms with Gasteiger partial charge in [0.05, 0.1) is 6.10 Å². The summed E-state index contributed by atoms with van der Waals surface area (Å²) in [5, 5.41) is 9.65. The molecule has 2 heteroatoms. The molecule has 70 valence electrons. The van der Waals surface area contributed by atoms with Crippen LogP contribution in [0.5, 0.6) is 0 Å². The third-order valence-electron chi connectivity index (χ3n) is 3.58. The van der Waals surface area contributed by atoms with Crippen molar-refractivity contribution in [3.63, 3.8) is 0 Å². The van der Waals surface area contributed by atoms with Gasteiger partial charge in [0.15, 0.2) is 0 Å². The first-order chi connectivity index (χ1) is 5.79. The van der Waals surface area contributed by atoms with Crippen LogP contribution in [-0.4, -0.2) is 17.1 Å².